The lowest BCUT2D eigenvalue weighted by Crippen LogP contribution is -2.61. The van der Waals surface area contributed by atoms with Crippen LogP contribution in [0.4, 0.5) is 0 Å². The van der Waals surface area contributed by atoms with E-state index < -0.39 is 200 Å². The number of guanidine groups is 1. The molecule has 0 radical (unpaired) electrons. The fourth-order valence-electron chi connectivity index (χ4n) is 13.0. The van der Waals surface area contributed by atoms with E-state index in [2.05, 4.69) is 89.8 Å². The second kappa shape index (κ2) is 48.3. The molecule has 642 valence electrons. The number of aromatic hydroxyl groups is 1. The normalized spacial score (nSPS) is 15.2. The topological polar surface area (TPSA) is 649 Å². The molecule has 0 bridgehead atoms. The molecule has 40 nitrogen and oxygen atoms in total. The number of thioether (sulfide) groups is 1. The molecule has 12 atom stereocenters. The molecule has 6 rings (SSSR count). The number of para-hydroxylation sites is 1. The van der Waals surface area contributed by atoms with Crippen LogP contribution in [-0.4, -0.2) is 254 Å². The number of aromatic amines is 2. The molecule has 2 aromatic heterocycles. The molecule has 27 N–H and O–H groups in total. The Labute approximate surface area is 684 Å². The van der Waals surface area contributed by atoms with Gasteiger partial charge < -0.3 is 115 Å². The number of phenolic OH excluding ortho intramolecular Hbond substituents is 1. The molecule has 14 amide bonds. The Morgan fingerprint density at radius 3 is 1.65 bits per heavy atom. The predicted octanol–water partition coefficient (Wildman–Crippen LogP) is -8.41. The van der Waals surface area contributed by atoms with Gasteiger partial charge >= 0.3 is 5.96 Å². The molecule has 0 spiro atoms. The summed E-state index contributed by atoms with van der Waals surface area (Å²) in [6.45, 7) is 2.55. The number of likely N-dealkylation sites (tertiary alicyclic amines) is 1. The average molecular weight is 1670 g/mol. The highest BCUT2D eigenvalue weighted by atomic mass is 32.2. The van der Waals surface area contributed by atoms with Crippen LogP contribution >= 0.6 is 11.8 Å². The number of carboxylic acid groups (broad SMARTS) is 1. The fourth-order valence-corrected chi connectivity index (χ4v) is 13.5. The van der Waals surface area contributed by atoms with E-state index in [9.17, 15) is 78.0 Å². The van der Waals surface area contributed by atoms with Crippen molar-refractivity contribution in [3.8, 4) is 5.75 Å². The number of aliphatic hydroxyl groups is 2. The maximum atomic E-state index is 15.2. The minimum absolute atomic E-state index is 0.0572. The van der Waals surface area contributed by atoms with Gasteiger partial charge in [-0.15, -0.1) is 0 Å². The molecule has 3 aromatic carbocycles. The van der Waals surface area contributed by atoms with Crippen molar-refractivity contribution >= 4 is 117 Å². The summed E-state index contributed by atoms with van der Waals surface area (Å²) in [5.74, 6) is -14.9. The number of imidazole rings is 1. The Morgan fingerprint density at radius 1 is 0.593 bits per heavy atom. The Balaban J connectivity index is 1.25. The highest BCUT2D eigenvalue weighted by molar-refractivity contribution is 7.98. The van der Waals surface area contributed by atoms with Crippen LogP contribution in [0.5, 0.6) is 5.75 Å². The standard InChI is InChI=1S/C77H109N21O19S/c1-42(2)64(65(79)106)97-75(116)61-20-13-30-98(61)76(117)54(18-10-11-28-78)88-62(103)38-85-66(107)57(34-46-36-84-50-17-9-8-16-49(46)50)94-67(108)51(19-12-29-83-77(80)81)89-70(111)55(32-44-14-6-5-7-15-44)92-72(113)58(35-47-37-82-41-86-47)95-68(109)52(25-26-63(104)105)90-69(110)53(27-31-118-4)91-74(115)60(40-100)96-71(112)56(33-45-21-23-48(102)24-22-45)93-73(114)59(39-99)87-43(3)101/h5-9,14-17,21-24,36-37,41-42,51-61,64,84,99-100,102H,10-13,18-20,25-35,38-40,78H2,1-4H3,(H2,79,106)(H,82,86)(H,85,107)(H,87,101)(H,88,103)(H,89,111)(H,90,110)(H,91,115)(H,92,113)(H,93,114)(H,94,108)(H,95,109)(H,96,112)(H,97,116)(H,104,105)(H4,80,81,83)/p+1/t51-,52-,53-,54-,55+,56+,57+,58-,59-,60-,61?,64-/m0/s1. The van der Waals surface area contributed by atoms with Gasteiger partial charge in [-0.25, -0.2) is 4.98 Å². The number of carbonyl (C=O) groups excluding carboxylic acids is 15. The van der Waals surface area contributed by atoms with Gasteiger partial charge in [0.05, 0.1) is 39.2 Å². The second-order valence-electron chi connectivity index (χ2n) is 28.7. The maximum absolute atomic E-state index is 15.2. The number of amides is 14. The van der Waals surface area contributed by atoms with Gasteiger partial charge in [0.1, 0.15) is 78.3 Å². The molecule has 1 aliphatic heterocycles. The molecule has 0 saturated carbocycles. The van der Waals surface area contributed by atoms with Crippen LogP contribution in [0, 0.1) is 5.92 Å². The highest BCUT2D eigenvalue weighted by Crippen LogP contribution is 2.23. The van der Waals surface area contributed by atoms with Gasteiger partial charge in [-0.2, -0.15) is 11.8 Å². The first-order chi connectivity index (χ1) is 56.3. The number of hydrogen-bond donors (Lipinski definition) is 22. The molecule has 1 aliphatic rings. The van der Waals surface area contributed by atoms with Crippen LogP contribution < -0.4 is 96.8 Å². The summed E-state index contributed by atoms with van der Waals surface area (Å²) in [7, 11) is 0. The van der Waals surface area contributed by atoms with Gasteiger partial charge in [0.15, 0.2) is 0 Å². The van der Waals surface area contributed by atoms with Crippen molar-refractivity contribution in [3.63, 3.8) is 0 Å². The Bertz CT molecular complexity index is 4250. The van der Waals surface area contributed by atoms with Crippen molar-refractivity contribution in [3.05, 3.63) is 120 Å². The molecule has 1 unspecified atom stereocenters. The number of quaternary nitrogens is 1. The molecule has 1 saturated heterocycles. The summed E-state index contributed by atoms with van der Waals surface area (Å²) < 4.78 is 0. The van der Waals surface area contributed by atoms with Gasteiger partial charge in [0.25, 0.3) is 0 Å². The molecule has 0 aliphatic carbocycles. The number of aromatic nitrogens is 3. The quantitative estimate of drug-likeness (QED) is 0.00977. The first-order valence-corrected chi connectivity index (χ1v) is 40.1. The number of carbonyl (C=O) groups is 15. The molecular formula is C77H110N21O19S+. The van der Waals surface area contributed by atoms with E-state index in [1.54, 1.807) is 80.9 Å². The number of H-pyrrole nitrogens is 2. The van der Waals surface area contributed by atoms with E-state index in [4.69, 9.17) is 16.9 Å². The molecular weight excluding hydrogens is 1560 g/mol. The van der Waals surface area contributed by atoms with E-state index in [0.717, 1.165) is 6.92 Å². The zero-order valence-electron chi connectivity index (χ0n) is 66.2. The number of nitrogens with one attached hydrogen (secondary N) is 15. The Hall–Kier alpha value is -12.2. The first-order valence-electron chi connectivity index (χ1n) is 38.7. The Morgan fingerprint density at radius 2 is 1.11 bits per heavy atom. The lowest BCUT2D eigenvalue weighted by atomic mass is 10.0. The third kappa shape index (κ3) is 30.8. The van der Waals surface area contributed by atoms with Crippen molar-refractivity contribution in [1.29, 1.82) is 0 Å². The third-order valence-corrected chi connectivity index (χ3v) is 19.9. The zero-order valence-corrected chi connectivity index (χ0v) is 67.0. The van der Waals surface area contributed by atoms with Crippen molar-refractivity contribution in [2.45, 2.75) is 183 Å². The number of nitrogens with zero attached hydrogens (tertiary/aromatic N) is 2. The van der Waals surface area contributed by atoms with Gasteiger partial charge in [-0.3, -0.25) is 83.6 Å². The van der Waals surface area contributed by atoms with Crippen LogP contribution in [0.15, 0.2) is 97.6 Å². The van der Waals surface area contributed by atoms with Crippen molar-refractivity contribution in [2.24, 2.45) is 17.4 Å². The number of fused-ring (bicyclic) bond motifs is 1. The lowest BCUT2D eigenvalue weighted by Gasteiger charge is -2.30. The third-order valence-electron chi connectivity index (χ3n) is 19.3. The second-order valence-corrected chi connectivity index (χ2v) is 29.7. The van der Waals surface area contributed by atoms with Gasteiger partial charge in [-0.1, -0.05) is 74.5 Å². The van der Waals surface area contributed by atoms with E-state index >= 15 is 14.4 Å². The Kier molecular flexibility index (Phi) is 38.8. The van der Waals surface area contributed by atoms with Gasteiger partial charge in [0.2, 0.25) is 82.7 Å². The average Bonchev–Trinajstić information content (AvgIpc) is 1.64. The summed E-state index contributed by atoms with van der Waals surface area (Å²) in [5, 5.41) is 82.1. The SMILES string of the molecule is CSCC[C@H](NC(=O)[C@H](CO)NC(=O)[C@@H](Cc1ccc(O)cc1)NC(=O)[C@H](CO)NC(C)=O)C(=O)N[C@@H](CCC(=O)[O-])C(=O)N[C@@H](Cc1cnc[nH]1)C(=O)N[C@H](Cc1ccccc1)C(=O)N[C@@H](CCCNC(N)=[NH2+])C(=O)N[C@H](Cc1c[nH]c2ccccc12)C(=O)NCC(=O)N[C@@H](CCCC[NH3+])C(=O)N1CCCC1C(=O)N[C@H](C(N)=O)C(C)C. The number of aliphatic hydroxyl groups excluding tert-OH is 2. The molecule has 1 fully saturated rings. The largest absolute Gasteiger partial charge is 0.550 e. The minimum atomic E-state index is -1.84. The number of benzene rings is 3. The van der Waals surface area contributed by atoms with Crippen molar-refractivity contribution in [1.82, 2.24) is 89.0 Å². The number of hydrogen-bond acceptors (Lipinski definition) is 21. The predicted molar refractivity (Wildman–Crippen MR) is 426 cm³/mol. The van der Waals surface area contributed by atoms with E-state index in [0.29, 0.717) is 53.4 Å². The van der Waals surface area contributed by atoms with Crippen LogP contribution in [0.2, 0.25) is 0 Å². The molecule has 3 heterocycles. The van der Waals surface area contributed by atoms with Crippen LogP contribution in [0.3, 0.4) is 0 Å². The summed E-state index contributed by atoms with van der Waals surface area (Å²) in [5.41, 5.74) is 17.5. The summed E-state index contributed by atoms with van der Waals surface area (Å²) in [4.78, 5) is 220. The molecule has 41 heteroatoms. The number of aliphatic carboxylic acids is 1. The minimum Gasteiger partial charge on any atom is -0.550 e. The highest BCUT2D eigenvalue weighted by Gasteiger charge is 2.41. The van der Waals surface area contributed by atoms with E-state index in [1.807, 2.05) is 0 Å². The number of primary amides is 1. The maximum Gasteiger partial charge on any atom is 0.338 e. The van der Waals surface area contributed by atoms with Crippen molar-refractivity contribution < 1.29 is 103 Å². The zero-order chi connectivity index (χ0) is 86.5. The fraction of sp³-hybridized carbons (Fsp3) is 0.494. The number of unbranched alkanes of at least 4 members (excludes halogenated alkanes) is 1. The van der Waals surface area contributed by atoms with E-state index in [-0.39, 0.29) is 93.5 Å². The van der Waals surface area contributed by atoms with E-state index in [1.165, 1.54) is 53.5 Å². The van der Waals surface area contributed by atoms with Crippen LogP contribution in [-0.2, 0) is 97.6 Å². The summed E-state index contributed by atoms with van der Waals surface area (Å²) in [6.07, 6.45) is 4.78. The van der Waals surface area contributed by atoms with Crippen LogP contribution in [0.25, 0.3) is 10.9 Å². The lowest BCUT2D eigenvalue weighted by molar-refractivity contribution is -0.368. The van der Waals surface area contributed by atoms with Gasteiger partial charge in [-0.05, 0) is 117 Å². The number of phenols is 1. The molecule has 118 heavy (non-hydrogen) atoms. The molecule has 5 aromatic rings. The van der Waals surface area contributed by atoms with Gasteiger partial charge in [0, 0.05) is 74.1 Å². The van der Waals surface area contributed by atoms with Crippen molar-refractivity contribution in [2.75, 3.05) is 51.4 Å². The first kappa shape index (κ1) is 94.6. The monoisotopic (exact) mass is 1660 g/mol. The number of rotatable bonds is 50. The van der Waals surface area contributed by atoms with Crippen LogP contribution in [0.1, 0.15) is 107 Å². The number of carboxylic acids is 1. The number of nitrogens with two attached hydrogens (primary N) is 3. The smallest absolute Gasteiger partial charge is 0.338 e. The summed E-state index contributed by atoms with van der Waals surface area (Å²) >= 11 is 1.22. The summed E-state index contributed by atoms with van der Waals surface area (Å²) in [6, 6.07) is 3.00.